The molecule has 0 spiro atoms. The van der Waals surface area contributed by atoms with Crippen molar-refractivity contribution in [3.8, 4) is 0 Å². The molecule has 1 aromatic rings. The Morgan fingerprint density at radius 2 is 2.00 bits per heavy atom. The number of carbonyl (C=O) groups is 2. The van der Waals surface area contributed by atoms with Crippen molar-refractivity contribution in [3.05, 3.63) is 24.2 Å². The van der Waals surface area contributed by atoms with Crippen LogP contribution >= 0.6 is 0 Å². The summed E-state index contributed by atoms with van der Waals surface area (Å²) in [6, 6.07) is 2.09. The largest absolute Gasteiger partial charge is 0.459 e. The SMILES string of the molecule is CC(NC(=O)c1ccco1)C(=O)NC(CO)C(C)C. The van der Waals surface area contributed by atoms with E-state index in [0.29, 0.717) is 0 Å². The maximum absolute atomic E-state index is 11.9. The second kappa shape index (κ2) is 6.94. The van der Waals surface area contributed by atoms with E-state index in [9.17, 15) is 9.59 Å². The fourth-order valence-electron chi connectivity index (χ4n) is 1.47. The summed E-state index contributed by atoms with van der Waals surface area (Å²) >= 11 is 0. The van der Waals surface area contributed by atoms with Crippen LogP contribution in [-0.2, 0) is 4.79 Å². The molecule has 0 bridgehead atoms. The molecular formula is C13H20N2O4. The van der Waals surface area contributed by atoms with Crippen LogP contribution in [-0.4, -0.2) is 35.6 Å². The fourth-order valence-corrected chi connectivity index (χ4v) is 1.47. The van der Waals surface area contributed by atoms with E-state index >= 15 is 0 Å². The van der Waals surface area contributed by atoms with Crippen LogP contribution in [0, 0.1) is 5.92 Å². The average Bonchev–Trinajstić information content (AvgIpc) is 2.88. The number of carbonyl (C=O) groups excluding carboxylic acids is 2. The molecule has 1 heterocycles. The van der Waals surface area contributed by atoms with Crippen LogP contribution in [0.4, 0.5) is 0 Å². The Balaban J connectivity index is 2.51. The van der Waals surface area contributed by atoms with Gasteiger partial charge in [0.05, 0.1) is 18.9 Å². The molecule has 6 nitrogen and oxygen atoms in total. The highest BCUT2D eigenvalue weighted by Crippen LogP contribution is 2.02. The summed E-state index contributed by atoms with van der Waals surface area (Å²) in [7, 11) is 0. The van der Waals surface area contributed by atoms with Crippen molar-refractivity contribution in [2.24, 2.45) is 5.92 Å². The van der Waals surface area contributed by atoms with E-state index in [2.05, 4.69) is 10.6 Å². The van der Waals surface area contributed by atoms with Gasteiger partial charge in [-0.3, -0.25) is 9.59 Å². The van der Waals surface area contributed by atoms with Crippen molar-refractivity contribution in [1.29, 1.82) is 0 Å². The zero-order valence-electron chi connectivity index (χ0n) is 11.3. The smallest absolute Gasteiger partial charge is 0.287 e. The first-order valence-electron chi connectivity index (χ1n) is 6.21. The first-order valence-corrected chi connectivity index (χ1v) is 6.21. The van der Waals surface area contributed by atoms with Crippen LogP contribution in [0.2, 0.25) is 0 Å². The highest BCUT2D eigenvalue weighted by atomic mass is 16.3. The van der Waals surface area contributed by atoms with Crippen molar-refractivity contribution in [3.63, 3.8) is 0 Å². The van der Waals surface area contributed by atoms with Gasteiger partial charge < -0.3 is 20.2 Å². The lowest BCUT2D eigenvalue weighted by molar-refractivity contribution is -0.124. The zero-order chi connectivity index (χ0) is 14.4. The first-order chi connectivity index (χ1) is 8.95. The van der Waals surface area contributed by atoms with Gasteiger partial charge in [-0.25, -0.2) is 0 Å². The van der Waals surface area contributed by atoms with Gasteiger partial charge in [-0.05, 0) is 25.0 Å². The van der Waals surface area contributed by atoms with Crippen molar-refractivity contribution >= 4 is 11.8 Å². The van der Waals surface area contributed by atoms with Crippen LogP contribution in [0.25, 0.3) is 0 Å². The molecule has 1 rings (SSSR count). The molecular weight excluding hydrogens is 248 g/mol. The predicted octanol–water partition coefficient (Wildman–Crippen LogP) is 0.531. The number of rotatable bonds is 6. The number of aliphatic hydroxyl groups excluding tert-OH is 1. The van der Waals surface area contributed by atoms with Gasteiger partial charge in [0.25, 0.3) is 5.91 Å². The van der Waals surface area contributed by atoms with Crippen LogP contribution in [0.3, 0.4) is 0 Å². The summed E-state index contributed by atoms with van der Waals surface area (Å²) in [5.74, 6) is -0.519. The molecule has 0 aliphatic rings. The molecule has 19 heavy (non-hydrogen) atoms. The molecule has 2 unspecified atom stereocenters. The van der Waals surface area contributed by atoms with Gasteiger partial charge in [-0.1, -0.05) is 13.8 Å². The minimum absolute atomic E-state index is 0.113. The van der Waals surface area contributed by atoms with E-state index in [1.54, 1.807) is 13.0 Å². The lowest BCUT2D eigenvalue weighted by Crippen LogP contribution is -2.50. The van der Waals surface area contributed by atoms with Crippen LogP contribution < -0.4 is 10.6 Å². The van der Waals surface area contributed by atoms with E-state index in [0.717, 1.165) is 0 Å². The Hall–Kier alpha value is -1.82. The van der Waals surface area contributed by atoms with E-state index < -0.39 is 11.9 Å². The standard InChI is InChI=1S/C13H20N2O4/c1-8(2)10(7-16)15-12(17)9(3)14-13(18)11-5-4-6-19-11/h4-6,8-10,16H,7H2,1-3H3,(H,14,18)(H,15,17). The van der Waals surface area contributed by atoms with Crippen molar-refractivity contribution in [2.75, 3.05) is 6.61 Å². The van der Waals surface area contributed by atoms with Crippen LogP contribution in [0.1, 0.15) is 31.3 Å². The van der Waals surface area contributed by atoms with Gasteiger partial charge >= 0.3 is 0 Å². The van der Waals surface area contributed by atoms with Gasteiger partial charge in [-0.15, -0.1) is 0 Å². The Morgan fingerprint density at radius 1 is 1.32 bits per heavy atom. The molecule has 106 valence electrons. The average molecular weight is 268 g/mol. The lowest BCUT2D eigenvalue weighted by Gasteiger charge is -2.22. The molecule has 1 aromatic heterocycles. The highest BCUT2D eigenvalue weighted by Gasteiger charge is 2.21. The topological polar surface area (TPSA) is 91.6 Å². The van der Waals surface area contributed by atoms with Gasteiger partial charge in [0, 0.05) is 0 Å². The van der Waals surface area contributed by atoms with E-state index in [-0.39, 0.29) is 30.2 Å². The van der Waals surface area contributed by atoms with Crippen LogP contribution in [0.15, 0.2) is 22.8 Å². The number of nitrogens with one attached hydrogen (secondary N) is 2. The number of furan rings is 1. The minimum atomic E-state index is -0.703. The normalized spacial score (nSPS) is 13.9. The van der Waals surface area contributed by atoms with Gasteiger partial charge in [0.15, 0.2) is 5.76 Å². The van der Waals surface area contributed by atoms with Gasteiger partial charge in [0.2, 0.25) is 5.91 Å². The summed E-state index contributed by atoms with van der Waals surface area (Å²) in [4.78, 5) is 23.5. The molecule has 2 atom stereocenters. The van der Waals surface area contributed by atoms with E-state index in [1.165, 1.54) is 12.3 Å². The molecule has 6 heteroatoms. The third kappa shape index (κ3) is 4.40. The molecule has 0 aromatic carbocycles. The predicted molar refractivity (Wildman–Crippen MR) is 69.5 cm³/mol. The highest BCUT2D eigenvalue weighted by molar-refractivity contribution is 5.95. The fraction of sp³-hybridized carbons (Fsp3) is 0.538. The van der Waals surface area contributed by atoms with Gasteiger partial charge in [-0.2, -0.15) is 0 Å². The van der Waals surface area contributed by atoms with Crippen molar-refractivity contribution in [2.45, 2.75) is 32.9 Å². The number of amides is 2. The number of hydrogen-bond donors (Lipinski definition) is 3. The maximum Gasteiger partial charge on any atom is 0.287 e. The molecule has 3 N–H and O–H groups in total. The summed E-state index contributed by atoms with van der Waals surface area (Å²) in [6.45, 7) is 5.23. The lowest BCUT2D eigenvalue weighted by atomic mass is 10.1. The van der Waals surface area contributed by atoms with E-state index in [4.69, 9.17) is 9.52 Å². The Labute approximate surface area is 112 Å². The van der Waals surface area contributed by atoms with Gasteiger partial charge in [0.1, 0.15) is 6.04 Å². The zero-order valence-corrected chi connectivity index (χ0v) is 11.3. The first kappa shape index (κ1) is 15.2. The summed E-state index contributed by atoms with van der Waals surface area (Å²) in [6.07, 6.45) is 1.39. The molecule has 2 amide bonds. The summed E-state index contributed by atoms with van der Waals surface area (Å²) < 4.78 is 4.93. The second-order valence-electron chi connectivity index (χ2n) is 4.71. The third-order valence-electron chi connectivity index (χ3n) is 2.81. The number of hydrogen-bond acceptors (Lipinski definition) is 4. The Kier molecular flexibility index (Phi) is 5.57. The molecule has 0 saturated carbocycles. The molecule has 0 saturated heterocycles. The molecule has 0 fully saturated rings. The quantitative estimate of drug-likeness (QED) is 0.702. The van der Waals surface area contributed by atoms with Crippen LogP contribution in [0.5, 0.6) is 0 Å². The molecule has 0 aliphatic carbocycles. The molecule has 0 radical (unpaired) electrons. The van der Waals surface area contributed by atoms with Crippen molar-refractivity contribution in [1.82, 2.24) is 10.6 Å². The summed E-state index contributed by atoms with van der Waals surface area (Å²) in [5, 5.41) is 14.3. The van der Waals surface area contributed by atoms with E-state index in [1.807, 2.05) is 13.8 Å². The monoisotopic (exact) mass is 268 g/mol. The second-order valence-corrected chi connectivity index (χ2v) is 4.71. The molecule has 0 aliphatic heterocycles. The Bertz CT molecular complexity index is 414. The minimum Gasteiger partial charge on any atom is -0.459 e. The number of aliphatic hydroxyl groups is 1. The summed E-state index contributed by atoms with van der Waals surface area (Å²) in [5.41, 5.74) is 0. The third-order valence-corrected chi connectivity index (χ3v) is 2.81. The Morgan fingerprint density at radius 3 is 2.47 bits per heavy atom. The maximum atomic E-state index is 11.9. The van der Waals surface area contributed by atoms with Crippen molar-refractivity contribution < 1.29 is 19.1 Å².